The highest BCUT2D eigenvalue weighted by Gasteiger charge is 2.27. The van der Waals surface area contributed by atoms with Crippen LogP contribution in [0.4, 0.5) is 0 Å². The molecule has 0 bridgehead atoms. The molecule has 2 N–H and O–H groups in total. The van der Waals surface area contributed by atoms with E-state index >= 15 is 0 Å². The fourth-order valence-electron chi connectivity index (χ4n) is 4.50. The highest BCUT2D eigenvalue weighted by molar-refractivity contribution is 5.97. The summed E-state index contributed by atoms with van der Waals surface area (Å²) < 4.78 is 0. The van der Waals surface area contributed by atoms with Gasteiger partial charge in [-0.3, -0.25) is 9.69 Å². The number of aromatic hydroxyl groups is 2. The Bertz CT molecular complexity index is 903. The Kier molecular flexibility index (Phi) is 5.76. The molecule has 2 aromatic rings. The number of fused-ring (bicyclic) bond motifs is 1. The number of rotatable bonds is 5. The first-order valence-electron chi connectivity index (χ1n) is 10.7. The third kappa shape index (κ3) is 4.25. The Morgan fingerprint density at radius 2 is 1.72 bits per heavy atom. The Morgan fingerprint density at radius 3 is 2.48 bits per heavy atom. The van der Waals surface area contributed by atoms with Crippen molar-refractivity contribution >= 4 is 5.91 Å². The summed E-state index contributed by atoms with van der Waals surface area (Å²) in [6, 6.07) is 9.48. The first-order valence-corrected chi connectivity index (χ1v) is 10.7. The predicted molar refractivity (Wildman–Crippen MR) is 113 cm³/mol. The van der Waals surface area contributed by atoms with Crippen molar-refractivity contribution in [2.24, 2.45) is 0 Å². The normalized spacial score (nSPS) is 16.8. The monoisotopic (exact) mass is 394 g/mol. The lowest BCUT2D eigenvalue weighted by molar-refractivity contribution is 0.0748. The summed E-state index contributed by atoms with van der Waals surface area (Å²) in [7, 11) is 0. The van der Waals surface area contributed by atoms with Crippen molar-refractivity contribution in [2.75, 3.05) is 13.1 Å². The van der Waals surface area contributed by atoms with E-state index in [2.05, 4.69) is 23.1 Å². The standard InChI is InChI=1S/C24H30N2O3/c1-2-6-18-12-21(23(28)13-22(18)27)24(29)26-15-19-8-7-17(11-20(19)16-26)14-25-9-4-3-5-10-25/h7-8,11-13,27-28H,2-6,9-10,14-16H2,1H3. The minimum atomic E-state index is -0.186. The van der Waals surface area contributed by atoms with Crippen LogP contribution in [-0.4, -0.2) is 39.0 Å². The van der Waals surface area contributed by atoms with Gasteiger partial charge in [0.2, 0.25) is 0 Å². The van der Waals surface area contributed by atoms with Gasteiger partial charge >= 0.3 is 0 Å². The molecule has 1 saturated heterocycles. The fourth-order valence-corrected chi connectivity index (χ4v) is 4.50. The number of phenols is 2. The van der Waals surface area contributed by atoms with Crippen molar-refractivity contribution in [2.45, 2.75) is 58.7 Å². The third-order valence-electron chi connectivity index (χ3n) is 6.08. The largest absolute Gasteiger partial charge is 0.508 e. The van der Waals surface area contributed by atoms with Crippen molar-refractivity contribution in [3.05, 3.63) is 58.1 Å². The number of amides is 1. The Balaban J connectivity index is 1.49. The molecule has 2 aromatic carbocycles. The van der Waals surface area contributed by atoms with Crippen LogP contribution in [0.15, 0.2) is 30.3 Å². The maximum Gasteiger partial charge on any atom is 0.258 e. The summed E-state index contributed by atoms with van der Waals surface area (Å²) in [5, 5.41) is 20.3. The topological polar surface area (TPSA) is 64.0 Å². The van der Waals surface area contributed by atoms with Crippen LogP contribution in [0, 0.1) is 0 Å². The van der Waals surface area contributed by atoms with Gasteiger partial charge in [0.05, 0.1) is 5.56 Å². The van der Waals surface area contributed by atoms with E-state index in [-0.39, 0.29) is 23.0 Å². The molecule has 4 rings (SSSR count). The molecular formula is C24H30N2O3. The number of hydrogen-bond donors (Lipinski definition) is 2. The number of carbonyl (C=O) groups is 1. The van der Waals surface area contributed by atoms with Crippen LogP contribution >= 0.6 is 0 Å². The summed E-state index contributed by atoms with van der Waals surface area (Å²) in [5.74, 6) is -0.296. The number of phenolic OH excluding ortho intramolecular Hbond substituents is 2. The van der Waals surface area contributed by atoms with Crippen LogP contribution in [0.3, 0.4) is 0 Å². The molecule has 29 heavy (non-hydrogen) atoms. The minimum absolute atomic E-state index is 0.0490. The molecule has 154 valence electrons. The minimum Gasteiger partial charge on any atom is -0.508 e. The summed E-state index contributed by atoms with van der Waals surface area (Å²) in [4.78, 5) is 17.4. The Hall–Kier alpha value is -2.53. The van der Waals surface area contributed by atoms with E-state index in [1.54, 1.807) is 11.0 Å². The Morgan fingerprint density at radius 1 is 0.966 bits per heavy atom. The zero-order chi connectivity index (χ0) is 20.4. The molecule has 0 radical (unpaired) electrons. The summed E-state index contributed by atoms with van der Waals surface area (Å²) in [5.41, 5.74) is 4.65. The molecule has 1 fully saturated rings. The van der Waals surface area contributed by atoms with Crippen LogP contribution in [0.25, 0.3) is 0 Å². The van der Waals surface area contributed by atoms with E-state index in [1.807, 2.05) is 6.92 Å². The predicted octanol–water partition coefficient (Wildman–Crippen LogP) is 4.19. The Labute approximate surface area is 172 Å². The maximum absolute atomic E-state index is 13.1. The molecule has 0 saturated carbocycles. The van der Waals surface area contributed by atoms with E-state index in [9.17, 15) is 15.0 Å². The number of aryl methyl sites for hydroxylation is 1. The highest BCUT2D eigenvalue weighted by Crippen LogP contribution is 2.32. The average Bonchev–Trinajstić information content (AvgIpc) is 3.14. The van der Waals surface area contributed by atoms with E-state index in [0.717, 1.165) is 13.0 Å². The molecule has 0 spiro atoms. The van der Waals surface area contributed by atoms with Gasteiger partial charge in [-0.15, -0.1) is 0 Å². The fraction of sp³-hybridized carbons (Fsp3) is 0.458. The second-order valence-corrected chi connectivity index (χ2v) is 8.35. The smallest absolute Gasteiger partial charge is 0.258 e. The maximum atomic E-state index is 13.1. The van der Waals surface area contributed by atoms with Gasteiger partial charge in [-0.2, -0.15) is 0 Å². The molecule has 5 nitrogen and oxygen atoms in total. The first kappa shape index (κ1) is 19.8. The second-order valence-electron chi connectivity index (χ2n) is 8.35. The van der Waals surface area contributed by atoms with Crippen molar-refractivity contribution in [3.8, 4) is 11.5 Å². The number of benzene rings is 2. The van der Waals surface area contributed by atoms with Crippen LogP contribution < -0.4 is 0 Å². The molecule has 0 aromatic heterocycles. The molecule has 2 aliphatic rings. The SMILES string of the molecule is CCCc1cc(C(=O)N2Cc3ccc(CN4CCCCC4)cc3C2)c(O)cc1O. The summed E-state index contributed by atoms with van der Waals surface area (Å²) in [6.45, 7) is 6.45. The van der Waals surface area contributed by atoms with E-state index in [4.69, 9.17) is 0 Å². The van der Waals surface area contributed by atoms with Crippen molar-refractivity contribution < 1.29 is 15.0 Å². The molecule has 2 aliphatic heterocycles. The van der Waals surface area contributed by atoms with Gasteiger partial charge in [0.25, 0.3) is 5.91 Å². The molecule has 0 atom stereocenters. The lowest BCUT2D eigenvalue weighted by Gasteiger charge is -2.26. The number of piperidine rings is 1. The van der Waals surface area contributed by atoms with Gasteiger partial charge in [0.1, 0.15) is 11.5 Å². The van der Waals surface area contributed by atoms with E-state index in [0.29, 0.717) is 25.1 Å². The van der Waals surface area contributed by atoms with Gasteiger partial charge in [0.15, 0.2) is 0 Å². The second kappa shape index (κ2) is 8.46. The molecular weight excluding hydrogens is 364 g/mol. The van der Waals surface area contributed by atoms with Crippen LogP contribution in [0.5, 0.6) is 11.5 Å². The van der Waals surface area contributed by atoms with Gasteiger partial charge in [0, 0.05) is 25.7 Å². The number of likely N-dealkylation sites (tertiary alicyclic amines) is 1. The van der Waals surface area contributed by atoms with Gasteiger partial charge < -0.3 is 15.1 Å². The van der Waals surface area contributed by atoms with Crippen molar-refractivity contribution in [1.29, 1.82) is 0 Å². The van der Waals surface area contributed by atoms with Gasteiger partial charge in [-0.1, -0.05) is 38.0 Å². The lowest BCUT2D eigenvalue weighted by Crippen LogP contribution is -2.29. The quantitative estimate of drug-likeness (QED) is 0.798. The summed E-state index contributed by atoms with van der Waals surface area (Å²) in [6.07, 6.45) is 5.43. The number of hydrogen-bond acceptors (Lipinski definition) is 4. The zero-order valence-electron chi connectivity index (χ0n) is 17.2. The van der Waals surface area contributed by atoms with E-state index in [1.165, 1.54) is 55.1 Å². The van der Waals surface area contributed by atoms with Crippen molar-refractivity contribution in [3.63, 3.8) is 0 Å². The van der Waals surface area contributed by atoms with Crippen LogP contribution in [0.2, 0.25) is 0 Å². The highest BCUT2D eigenvalue weighted by atomic mass is 16.3. The zero-order valence-corrected chi connectivity index (χ0v) is 17.2. The van der Waals surface area contributed by atoms with Gasteiger partial charge in [-0.25, -0.2) is 0 Å². The van der Waals surface area contributed by atoms with E-state index < -0.39 is 0 Å². The number of nitrogens with zero attached hydrogens (tertiary/aromatic N) is 2. The molecule has 2 heterocycles. The average molecular weight is 395 g/mol. The first-order chi connectivity index (χ1) is 14.0. The van der Waals surface area contributed by atoms with Gasteiger partial charge in [-0.05, 0) is 60.7 Å². The van der Waals surface area contributed by atoms with Crippen molar-refractivity contribution in [1.82, 2.24) is 9.80 Å². The molecule has 5 heteroatoms. The molecule has 0 unspecified atom stereocenters. The molecule has 1 amide bonds. The number of carbonyl (C=O) groups excluding carboxylic acids is 1. The lowest BCUT2D eigenvalue weighted by atomic mass is 10.0. The summed E-state index contributed by atoms with van der Waals surface area (Å²) >= 11 is 0. The van der Waals surface area contributed by atoms with Crippen LogP contribution in [-0.2, 0) is 26.1 Å². The molecule has 0 aliphatic carbocycles. The van der Waals surface area contributed by atoms with Crippen LogP contribution in [0.1, 0.15) is 65.2 Å². The third-order valence-corrected chi connectivity index (χ3v) is 6.08.